The summed E-state index contributed by atoms with van der Waals surface area (Å²) in [6.45, 7) is 9.73. The van der Waals surface area contributed by atoms with Crippen LogP contribution >= 0.6 is 0 Å². The Morgan fingerprint density at radius 2 is 2.00 bits per heavy atom. The van der Waals surface area contributed by atoms with Crippen molar-refractivity contribution in [2.45, 2.75) is 45.4 Å². The van der Waals surface area contributed by atoms with Crippen molar-refractivity contribution in [3.63, 3.8) is 0 Å². The Kier molecular flexibility index (Phi) is 6.31. The molecule has 1 unspecified atom stereocenters. The van der Waals surface area contributed by atoms with E-state index in [9.17, 15) is 0 Å². The van der Waals surface area contributed by atoms with Crippen LogP contribution in [0.1, 0.15) is 45.4 Å². The monoisotopic (exact) mass is 281 g/mol. The highest BCUT2D eigenvalue weighted by Gasteiger charge is 2.33. The van der Waals surface area contributed by atoms with Gasteiger partial charge in [0, 0.05) is 26.2 Å². The first-order valence-corrected chi connectivity index (χ1v) is 8.71. The molecule has 20 heavy (non-hydrogen) atoms. The Morgan fingerprint density at radius 3 is 2.60 bits per heavy atom. The van der Waals surface area contributed by atoms with Crippen LogP contribution in [0.4, 0.5) is 0 Å². The Bertz CT molecular complexity index is 273. The molecule has 1 aliphatic heterocycles. The first-order valence-electron chi connectivity index (χ1n) is 8.71. The van der Waals surface area contributed by atoms with Crippen LogP contribution in [0.5, 0.6) is 0 Å². The van der Waals surface area contributed by atoms with Crippen molar-refractivity contribution in [2.75, 3.05) is 53.4 Å². The van der Waals surface area contributed by atoms with Crippen LogP contribution in [-0.4, -0.2) is 63.2 Å². The summed E-state index contributed by atoms with van der Waals surface area (Å²) in [6.07, 6.45) is 8.56. The maximum Gasteiger partial charge on any atom is 0.00472 e. The van der Waals surface area contributed by atoms with Gasteiger partial charge in [0.05, 0.1) is 0 Å². The molecule has 3 heteroatoms. The van der Waals surface area contributed by atoms with E-state index in [-0.39, 0.29) is 0 Å². The van der Waals surface area contributed by atoms with Crippen molar-refractivity contribution in [1.29, 1.82) is 0 Å². The summed E-state index contributed by atoms with van der Waals surface area (Å²) in [5.41, 5.74) is 0.549. The van der Waals surface area contributed by atoms with Crippen LogP contribution in [0.2, 0.25) is 0 Å². The summed E-state index contributed by atoms with van der Waals surface area (Å²) in [6, 6.07) is 0. The van der Waals surface area contributed by atoms with E-state index in [1.165, 1.54) is 71.2 Å². The third kappa shape index (κ3) is 4.71. The zero-order valence-electron chi connectivity index (χ0n) is 14.0. The molecule has 2 aliphatic rings. The van der Waals surface area contributed by atoms with E-state index < -0.39 is 0 Å². The number of hydrogen-bond acceptors (Lipinski definition) is 3. The molecule has 1 N–H and O–H groups in total. The van der Waals surface area contributed by atoms with Gasteiger partial charge in [-0.3, -0.25) is 0 Å². The molecule has 1 atom stereocenters. The molecule has 2 rings (SSSR count). The first kappa shape index (κ1) is 16.3. The molecule has 3 nitrogen and oxygen atoms in total. The molecule has 2 fully saturated rings. The second-order valence-electron chi connectivity index (χ2n) is 7.45. The van der Waals surface area contributed by atoms with E-state index in [1.54, 1.807) is 0 Å². The number of rotatable bonds is 7. The standard InChI is InChI=1S/C17H35N3/c1-4-18-14-17(9-6-5-7-10-17)15-20(3)13-16-8-11-19(2)12-16/h16,18H,4-15H2,1-3H3. The zero-order chi connectivity index (χ0) is 14.4. The van der Waals surface area contributed by atoms with Crippen molar-refractivity contribution in [3.05, 3.63) is 0 Å². The van der Waals surface area contributed by atoms with E-state index in [1.807, 2.05) is 0 Å². The quantitative estimate of drug-likeness (QED) is 0.773. The smallest absolute Gasteiger partial charge is 0.00472 e. The average Bonchev–Trinajstić information content (AvgIpc) is 2.82. The van der Waals surface area contributed by atoms with Crippen molar-refractivity contribution in [2.24, 2.45) is 11.3 Å². The van der Waals surface area contributed by atoms with Crippen molar-refractivity contribution < 1.29 is 0 Å². The topological polar surface area (TPSA) is 18.5 Å². The molecule has 0 aromatic carbocycles. The fourth-order valence-electron chi connectivity index (χ4n) is 4.34. The Balaban J connectivity index is 1.82. The largest absolute Gasteiger partial charge is 0.316 e. The number of likely N-dealkylation sites (tertiary alicyclic amines) is 1. The predicted molar refractivity (Wildman–Crippen MR) is 87.2 cm³/mol. The lowest BCUT2D eigenvalue weighted by Gasteiger charge is -2.41. The maximum atomic E-state index is 3.63. The minimum Gasteiger partial charge on any atom is -0.316 e. The highest BCUT2D eigenvalue weighted by molar-refractivity contribution is 4.88. The van der Waals surface area contributed by atoms with Gasteiger partial charge in [-0.15, -0.1) is 0 Å². The third-order valence-electron chi connectivity index (χ3n) is 5.33. The normalized spacial score (nSPS) is 27.3. The van der Waals surface area contributed by atoms with Gasteiger partial charge in [0.2, 0.25) is 0 Å². The molecule has 0 aromatic heterocycles. The molecule has 0 spiro atoms. The second-order valence-corrected chi connectivity index (χ2v) is 7.45. The summed E-state index contributed by atoms with van der Waals surface area (Å²) in [4.78, 5) is 5.11. The highest BCUT2D eigenvalue weighted by Crippen LogP contribution is 2.36. The molecule has 1 heterocycles. The molecule has 0 amide bonds. The summed E-state index contributed by atoms with van der Waals surface area (Å²) in [5.74, 6) is 0.893. The van der Waals surface area contributed by atoms with Gasteiger partial charge in [-0.25, -0.2) is 0 Å². The maximum absolute atomic E-state index is 3.63. The van der Waals surface area contributed by atoms with Crippen LogP contribution in [0, 0.1) is 11.3 Å². The van der Waals surface area contributed by atoms with Gasteiger partial charge < -0.3 is 15.1 Å². The van der Waals surface area contributed by atoms with Crippen LogP contribution < -0.4 is 5.32 Å². The van der Waals surface area contributed by atoms with E-state index in [0.717, 1.165) is 12.5 Å². The molecule has 0 bridgehead atoms. The minimum absolute atomic E-state index is 0.549. The van der Waals surface area contributed by atoms with Crippen LogP contribution in [0.25, 0.3) is 0 Å². The van der Waals surface area contributed by atoms with Gasteiger partial charge >= 0.3 is 0 Å². The SMILES string of the molecule is CCNCC1(CN(C)CC2CCN(C)C2)CCCCC1. The van der Waals surface area contributed by atoms with Crippen LogP contribution in [-0.2, 0) is 0 Å². The number of nitrogens with one attached hydrogen (secondary N) is 1. The molecule has 0 radical (unpaired) electrons. The molecule has 1 saturated heterocycles. The van der Waals surface area contributed by atoms with E-state index in [2.05, 4.69) is 36.1 Å². The Labute approximate surface area is 126 Å². The van der Waals surface area contributed by atoms with Gasteiger partial charge in [-0.05, 0) is 57.8 Å². The molecular formula is C17H35N3. The molecule has 118 valence electrons. The van der Waals surface area contributed by atoms with Gasteiger partial charge in [-0.1, -0.05) is 26.2 Å². The van der Waals surface area contributed by atoms with Crippen LogP contribution in [0.15, 0.2) is 0 Å². The van der Waals surface area contributed by atoms with Gasteiger partial charge in [0.15, 0.2) is 0 Å². The lowest BCUT2D eigenvalue weighted by atomic mass is 9.73. The van der Waals surface area contributed by atoms with Crippen molar-refractivity contribution >= 4 is 0 Å². The first-order chi connectivity index (χ1) is 9.63. The average molecular weight is 281 g/mol. The lowest BCUT2D eigenvalue weighted by Crippen LogP contribution is -2.45. The fraction of sp³-hybridized carbons (Fsp3) is 1.00. The summed E-state index contributed by atoms with van der Waals surface area (Å²) < 4.78 is 0. The Morgan fingerprint density at radius 1 is 1.25 bits per heavy atom. The molecule has 1 aliphatic carbocycles. The molecule has 1 saturated carbocycles. The summed E-state index contributed by atoms with van der Waals surface area (Å²) in [7, 11) is 4.61. The van der Waals surface area contributed by atoms with E-state index >= 15 is 0 Å². The minimum atomic E-state index is 0.549. The summed E-state index contributed by atoms with van der Waals surface area (Å²) in [5, 5.41) is 3.63. The zero-order valence-corrected chi connectivity index (χ0v) is 14.0. The van der Waals surface area contributed by atoms with Crippen molar-refractivity contribution in [3.8, 4) is 0 Å². The highest BCUT2D eigenvalue weighted by atomic mass is 15.2. The van der Waals surface area contributed by atoms with Crippen LogP contribution in [0.3, 0.4) is 0 Å². The number of nitrogens with zero attached hydrogens (tertiary/aromatic N) is 2. The summed E-state index contributed by atoms with van der Waals surface area (Å²) >= 11 is 0. The molecule has 0 aromatic rings. The van der Waals surface area contributed by atoms with Crippen molar-refractivity contribution in [1.82, 2.24) is 15.1 Å². The second kappa shape index (κ2) is 7.77. The van der Waals surface area contributed by atoms with E-state index in [4.69, 9.17) is 0 Å². The third-order valence-corrected chi connectivity index (χ3v) is 5.33. The van der Waals surface area contributed by atoms with E-state index in [0.29, 0.717) is 5.41 Å². The predicted octanol–water partition coefficient (Wildman–Crippen LogP) is 2.43. The fourth-order valence-corrected chi connectivity index (χ4v) is 4.34. The van der Waals surface area contributed by atoms with Gasteiger partial charge in [0.25, 0.3) is 0 Å². The number of hydrogen-bond donors (Lipinski definition) is 1. The van der Waals surface area contributed by atoms with Gasteiger partial charge in [-0.2, -0.15) is 0 Å². The molecular weight excluding hydrogens is 246 g/mol. The lowest BCUT2D eigenvalue weighted by molar-refractivity contribution is 0.109. The van der Waals surface area contributed by atoms with Gasteiger partial charge in [0.1, 0.15) is 0 Å². The Hall–Kier alpha value is -0.120.